The average Bonchev–Trinajstić information content (AvgIpc) is 2.86. The number of anilines is 2. The van der Waals surface area contributed by atoms with Crippen molar-refractivity contribution in [3.8, 4) is 11.5 Å². The Balaban J connectivity index is 1.43. The lowest BCUT2D eigenvalue weighted by molar-refractivity contribution is -0.139. The molecule has 200 valence electrons. The molecule has 4 N–H and O–H groups in total. The monoisotopic (exact) mass is 528 g/mol. The summed E-state index contributed by atoms with van der Waals surface area (Å²) in [5.74, 6) is -0.384. The van der Waals surface area contributed by atoms with E-state index < -0.39 is 24.5 Å². The van der Waals surface area contributed by atoms with Crippen molar-refractivity contribution in [3.05, 3.63) is 89.5 Å². The number of ether oxygens (including phenoxy) is 3. The third-order valence-electron chi connectivity index (χ3n) is 5.13. The molecule has 0 bridgehead atoms. The summed E-state index contributed by atoms with van der Waals surface area (Å²) >= 11 is 0. The maximum atomic E-state index is 12.4. The van der Waals surface area contributed by atoms with Crippen molar-refractivity contribution < 1.29 is 37.0 Å². The number of carbonyl (C=O) groups excluding carboxylic acids is 2. The quantitative estimate of drug-likeness (QED) is 0.104. The van der Waals surface area contributed by atoms with Crippen molar-refractivity contribution >= 4 is 29.4 Å². The molecule has 3 aromatic carbocycles. The number of esters is 2. The Labute approximate surface area is 217 Å². The van der Waals surface area contributed by atoms with Gasteiger partial charge in [0.2, 0.25) is 0 Å². The summed E-state index contributed by atoms with van der Waals surface area (Å²) in [5.41, 5.74) is 14.0. The van der Waals surface area contributed by atoms with Crippen LogP contribution in [0.5, 0.6) is 11.5 Å². The fraction of sp³-hybridized carbons (Fsp3) is 0.214. The van der Waals surface area contributed by atoms with E-state index in [0.717, 1.165) is 0 Å². The standard InChI is InChI=1S/C28H27F3N2O5/c29-28(30,31)13-1-2-14-36-24-10-6-21(7-11-24)27(35)38-25-8-3-19(4-9-25)5-12-26(34)37-18-20-15-22(32)17-23(33)16-20/h3-12,15-17H,1-2,13-14,18,32-33H2/b12-5+. The maximum Gasteiger partial charge on any atom is 0.389 e. The largest absolute Gasteiger partial charge is 0.494 e. The Morgan fingerprint density at radius 2 is 1.47 bits per heavy atom. The number of hydrogen-bond acceptors (Lipinski definition) is 7. The van der Waals surface area contributed by atoms with Crippen LogP contribution in [-0.4, -0.2) is 24.7 Å². The number of alkyl halides is 3. The molecule has 0 saturated carbocycles. The smallest absolute Gasteiger partial charge is 0.389 e. The topological polar surface area (TPSA) is 114 Å². The van der Waals surface area contributed by atoms with E-state index in [-0.39, 0.29) is 31.6 Å². The van der Waals surface area contributed by atoms with E-state index >= 15 is 0 Å². The minimum absolute atomic E-state index is 0.00725. The molecule has 0 aliphatic rings. The summed E-state index contributed by atoms with van der Waals surface area (Å²) in [5, 5.41) is 0. The summed E-state index contributed by atoms with van der Waals surface area (Å²) in [4.78, 5) is 24.4. The molecular weight excluding hydrogens is 501 g/mol. The highest BCUT2D eigenvalue weighted by Crippen LogP contribution is 2.23. The normalized spacial score (nSPS) is 11.3. The van der Waals surface area contributed by atoms with E-state index in [0.29, 0.717) is 34.0 Å². The lowest BCUT2D eigenvalue weighted by Crippen LogP contribution is -2.09. The van der Waals surface area contributed by atoms with Crippen LogP contribution in [0.1, 0.15) is 40.7 Å². The Hall–Kier alpha value is -4.47. The van der Waals surface area contributed by atoms with Gasteiger partial charge < -0.3 is 25.7 Å². The summed E-state index contributed by atoms with van der Waals surface area (Å²) < 4.78 is 52.4. The van der Waals surface area contributed by atoms with Crippen LogP contribution in [0.4, 0.5) is 24.5 Å². The van der Waals surface area contributed by atoms with Crippen LogP contribution >= 0.6 is 0 Å². The highest BCUT2D eigenvalue weighted by Gasteiger charge is 2.25. The minimum atomic E-state index is -4.16. The first-order valence-electron chi connectivity index (χ1n) is 11.7. The van der Waals surface area contributed by atoms with Gasteiger partial charge in [-0.1, -0.05) is 12.1 Å². The van der Waals surface area contributed by atoms with Crippen LogP contribution in [0.3, 0.4) is 0 Å². The van der Waals surface area contributed by atoms with Gasteiger partial charge in [-0.05, 0) is 84.6 Å². The van der Waals surface area contributed by atoms with Crippen LogP contribution in [0.25, 0.3) is 6.08 Å². The van der Waals surface area contributed by atoms with Gasteiger partial charge in [0, 0.05) is 23.9 Å². The summed E-state index contributed by atoms with van der Waals surface area (Å²) in [6.45, 7) is 0.179. The third kappa shape index (κ3) is 9.88. The van der Waals surface area contributed by atoms with Gasteiger partial charge in [0.1, 0.15) is 18.1 Å². The van der Waals surface area contributed by atoms with Gasteiger partial charge in [-0.3, -0.25) is 0 Å². The van der Waals surface area contributed by atoms with Gasteiger partial charge in [0.05, 0.1) is 12.2 Å². The van der Waals surface area contributed by atoms with Gasteiger partial charge in [0.25, 0.3) is 0 Å². The minimum Gasteiger partial charge on any atom is -0.494 e. The second-order valence-corrected chi connectivity index (χ2v) is 8.35. The predicted octanol–water partition coefficient (Wildman–Crippen LogP) is 5.94. The summed E-state index contributed by atoms with van der Waals surface area (Å²) in [6.07, 6.45) is -1.91. The fourth-order valence-electron chi connectivity index (χ4n) is 3.31. The van der Waals surface area contributed by atoms with E-state index in [1.807, 2.05) is 0 Å². The molecule has 38 heavy (non-hydrogen) atoms. The zero-order chi connectivity index (χ0) is 27.5. The molecule has 0 spiro atoms. The number of halogens is 3. The van der Waals surface area contributed by atoms with E-state index in [1.54, 1.807) is 60.7 Å². The van der Waals surface area contributed by atoms with Crippen molar-refractivity contribution in [1.82, 2.24) is 0 Å². The van der Waals surface area contributed by atoms with Crippen LogP contribution in [0, 0.1) is 0 Å². The van der Waals surface area contributed by atoms with Crippen molar-refractivity contribution in [1.29, 1.82) is 0 Å². The molecule has 0 radical (unpaired) electrons. The van der Waals surface area contributed by atoms with E-state index in [2.05, 4.69) is 0 Å². The van der Waals surface area contributed by atoms with Crippen molar-refractivity contribution in [2.75, 3.05) is 18.1 Å². The molecule has 0 unspecified atom stereocenters. The Morgan fingerprint density at radius 3 is 2.11 bits per heavy atom. The molecule has 0 aliphatic heterocycles. The summed E-state index contributed by atoms with van der Waals surface area (Å²) in [7, 11) is 0. The van der Waals surface area contributed by atoms with Crippen LogP contribution < -0.4 is 20.9 Å². The predicted molar refractivity (Wildman–Crippen MR) is 137 cm³/mol. The number of nitrogen functional groups attached to an aromatic ring is 2. The van der Waals surface area contributed by atoms with Gasteiger partial charge in [-0.15, -0.1) is 0 Å². The molecule has 10 heteroatoms. The Kier molecular flexibility index (Phi) is 9.75. The Morgan fingerprint density at radius 1 is 0.842 bits per heavy atom. The third-order valence-corrected chi connectivity index (χ3v) is 5.13. The van der Waals surface area contributed by atoms with E-state index in [9.17, 15) is 22.8 Å². The SMILES string of the molecule is Nc1cc(N)cc(COC(=O)/C=C/c2ccc(OC(=O)c3ccc(OCCCCC(F)(F)F)cc3)cc2)c1. The van der Waals surface area contributed by atoms with Crippen LogP contribution in [-0.2, 0) is 16.1 Å². The number of unbranched alkanes of at least 4 members (excludes halogenated alkanes) is 1. The second-order valence-electron chi connectivity index (χ2n) is 8.35. The maximum absolute atomic E-state index is 12.4. The molecule has 0 heterocycles. The van der Waals surface area contributed by atoms with Crippen molar-refractivity contribution in [3.63, 3.8) is 0 Å². The molecule has 3 aromatic rings. The second kappa shape index (κ2) is 13.2. The van der Waals surface area contributed by atoms with Gasteiger partial charge in [0.15, 0.2) is 0 Å². The molecule has 0 saturated heterocycles. The molecule has 0 aliphatic carbocycles. The molecule has 0 aromatic heterocycles. The first-order chi connectivity index (χ1) is 18.1. The summed E-state index contributed by atoms with van der Waals surface area (Å²) in [6, 6.07) is 17.6. The highest BCUT2D eigenvalue weighted by atomic mass is 19.4. The lowest BCUT2D eigenvalue weighted by Gasteiger charge is -2.09. The molecule has 7 nitrogen and oxygen atoms in total. The lowest BCUT2D eigenvalue weighted by atomic mass is 10.2. The first-order valence-corrected chi connectivity index (χ1v) is 11.7. The first kappa shape index (κ1) is 28.1. The van der Waals surface area contributed by atoms with Crippen molar-refractivity contribution in [2.24, 2.45) is 0 Å². The molecule has 0 amide bonds. The van der Waals surface area contributed by atoms with Crippen LogP contribution in [0.2, 0.25) is 0 Å². The zero-order valence-corrected chi connectivity index (χ0v) is 20.4. The Bertz CT molecular complexity index is 1240. The number of hydrogen-bond donors (Lipinski definition) is 2. The average molecular weight is 529 g/mol. The molecule has 0 atom stereocenters. The van der Waals surface area contributed by atoms with Crippen LogP contribution in [0.15, 0.2) is 72.8 Å². The van der Waals surface area contributed by atoms with Gasteiger partial charge >= 0.3 is 18.1 Å². The van der Waals surface area contributed by atoms with Crippen molar-refractivity contribution in [2.45, 2.75) is 32.0 Å². The van der Waals surface area contributed by atoms with E-state index in [1.165, 1.54) is 18.2 Å². The van der Waals surface area contributed by atoms with Gasteiger partial charge in [-0.25, -0.2) is 9.59 Å². The fourth-order valence-corrected chi connectivity index (χ4v) is 3.31. The zero-order valence-electron chi connectivity index (χ0n) is 20.4. The molecule has 3 rings (SSSR count). The highest BCUT2D eigenvalue weighted by molar-refractivity contribution is 5.91. The van der Waals surface area contributed by atoms with Gasteiger partial charge in [-0.2, -0.15) is 13.2 Å². The van der Waals surface area contributed by atoms with E-state index in [4.69, 9.17) is 25.7 Å². The molecule has 0 fully saturated rings. The molecular formula is C28H27F3N2O5. The number of rotatable bonds is 11. The number of benzene rings is 3. The number of nitrogens with two attached hydrogens (primary N) is 2. The number of carbonyl (C=O) groups is 2.